The fraction of sp³-hybridized carbons (Fsp3) is 0.500. The Morgan fingerprint density at radius 2 is 2.33 bits per heavy atom. The molecule has 0 saturated heterocycles. The number of anilines is 2. The van der Waals surface area contributed by atoms with Crippen molar-refractivity contribution in [2.75, 3.05) is 17.3 Å². The van der Waals surface area contributed by atoms with Gasteiger partial charge in [0, 0.05) is 37.0 Å². The zero-order valence-corrected chi connectivity index (χ0v) is 10.3. The number of hydrogen-bond acceptors (Lipinski definition) is 5. The molecule has 0 spiro atoms. The van der Waals surface area contributed by atoms with Gasteiger partial charge in [0.2, 0.25) is 5.91 Å². The van der Waals surface area contributed by atoms with Crippen molar-refractivity contribution in [2.24, 2.45) is 5.84 Å². The van der Waals surface area contributed by atoms with Crippen molar-refractivity contribution < 1.29 is 4.79 Å². The van der Waals surface area contributed by atoms with Crippen molar-refractivity contribution in [3.05, 3.63) is 18.3 Å². The van der Waals surface area contributed by atoms with E-state index in [4.69, 9.17) is 5.84 Å². The van der Waals surface area contributed by atoms with E-state index in [1.54, 1.807) is 6.20 Å². The minimum Gasteiger partial charge on any atom is -0.385 e. The number of carbonyl (C=O) groups is 1. The van der Waals surface area contributed by atoms with Gasteiger partial charge < -0.3 is 16.1 Å². The number of aromatic nitrogens is 1. The van der Waals surface area contributed by atoms with E-state index in [9.17, 15) is 4.79 Å². The number of nitrogens with zero attached hydrogens (tertiary/aromatic N) is 1. The lowest BCUT2D eigenvalue weighted by Crippen LogP contribution is -2.25. The van der Waals surface area contributed by atoms with E-state index >= 15 is 0 Å². The van der Waals surface area contributed by atoms with Crippen LogP contribution in [0.15, 0.2) is 18.3 Å². The van der Waals surface area contributed by atoms with Gasteiger partial charge in [-0.15, -0.1) is 0 Å². The Morgan fingerprint density at radius 1 is 1.50 bits per heavy atom. The molecule has 0 unspecified atom stereocenters. The molecule has 0 atom stereocenters. The van der Waals surface area contributed by atoms with Gasteiger partial charge in [-0.3, -0.25) is 4.79 Å². The molecule has 0 aromatic carbocycles. The molecule has 6 heteroatoms. The van der Waals surface area contributed by atoms with Crippen LogP contribution in [0, 0.1) is 0 Å². The molecule has 98 valence electrons. The number of nitrogens with one attached hydrogen (secondary N) is 3. The van der Waals surface area contributed by atoms with Gasteiger partial charge in [-0.05, 0) is 25.3 Å². The summed E-state index contributed by atoms with van der Waals surface area (Å²) in [6.45, 7) is 0.756. The van der Waals surface area contributed by atoms with E-state index in [1.807, 2.05) is 12.1 Å². The first-order valence-electron chi connectivity index (χ1n) is 6.24. The van der Waals surface area contributed by atoms with Gasteiger partial charge in [0.1, 0.15) is 5.82 Å². The van der Waals surface area contributed by atoms with E-state index in [-0.39, 0.29) is 5.91 Å². The normalized spacial score (nSPS) is 14.1. The van der Waals surface area contributed by atoms with Crippen LogP contribution in [0.5, 0.6) is 0 Å². The number of hydrazine groups is 1. The van der Waals surface area contributed by atoms with Crippen LogP contribution < -0.4 is 21.9 Å². The van der Waals surface area contributed by atoms with Crippen LogP contribution in [0.4, 0.5) is 11.5 Å². The molecular formula is C12H19N5O. The molecule has 1 saturated carbocycles. The highest BCUT2D eigenvalue weighted by Gasteiger charge is 2.22. The lowest BCUT2D eigenvalue weighted by atomic mass is 10.3. The first kappa shape index (κ1) is 12.6. The predicted molar refractivity (Wildman–Crippen MR) is 70.9 cm³/mol. The van der Waals surface area contributed by atoms with Crippen LogP contribution in [0.3, 0.4) is 0 Å². The molecule has 1 aromatic rings. The zero-order chi connectivity index (χ0) is 12.8. The van der Waals surface area contributed by atoms with Crippen molar-refractivity contribution >= 4 is 17.4 Å². The maximum atomic E-state index is 11.4. The van der Waals surface area contributed by atoms with Crippen LogP contribution in [0.25, 0.3) is 0 Å². The fourth-order valence-corrected chi connectivity index (χ4v) is 1.63. The van der Waals surface area contributed by atoms with Crippen LogP contribution >= 0.6 is 0 Å². The summed E-state index contributed by atoms with van der Waals surface area (Å²) in [4.78, 5) is 15.4. The summed E-state index contributed by atoms with van der Waals surface area (Å²) < 4.78 is 0. The van der Waals surface area contributed by atoms with Crippen molar-refractivity contribution in [1.29, 1.82) is 0 Å². The first-order chi connectivity index (χ1) is 8.78. The van der Waals surface area contributed by atoms with Crippen LogP contribution in [0.2, 0.25) is 0 Å². The van der Waals surface area contributed by atoms with Crippen LogP contribution in [-0.2, 0) is 4.79 Å². The lowest BCUT2D eigenvalue weighted by Gasteiger charge is -2.07. The van der Waals surface area contributed by atoms with Crippen molar-refractivity contribution in [3.8, 4) is 0 Å². The second-order valence-corrected chi connectivity index (χ2v) is 4.45. The Hall–Kier alpha value is -1.82. The van der Waals surface area contributed by atoms with Gasteiger partial charge in [0.15, 0.2) is 0 Å². The summed E-state index contributed by atoms with van der Waals surface area (Å²) in [6.07, 6.45) is 5.33. The van der Waals surface area contributed by atoms with Gasteiger partial charge in [0.25, 0.3) is 0 Å². The smallest absolute Gasteiger partial charge is 0.220 e. The number of rotatable bonds is 7. The Kier molecular flexibility index (Phi) is 4.35. The summed E-state index contributed by atoms with van der Waals surface area (Å²) in [5.74, 6) is 6.04. The van der Waals surface area contributed by atoms with Crippen LogP contribution in [-0.4, -0.2) is 23.5 Å². The van der Waals surface area contributed by atoms with E-state index in [0.29, 0.717) is 18.3 Å². The van der Waals surface area contributed by atoms with Gasteiger partial charge in [-0.2, -0.15) is 0 Å². The molecule has 1 heterocycles. The quantitative estimate of drug-likeness (QED) is 0.326. The predicted octanol–water partition coefficient (Wildman–Crippen LogP) is 0.838. The summed E-state index contributed by atoms with van der Waals surface area (Å²) in [5.41, 5.74) is 3.43. The molecule has 0 bridgehead atoms. The van der Waals surface area contributed by atoms with Gasteiger partial charge >= 0.3 is 0 Å². The largest absolute Gasteiger partial charge is 0.385 e. The third-order valence-electron chi connectivity index (χ3n) is 2.76. The third kappa shape index (κ3) is 4.21. The SMILES string of the molecule is NNc1cc(NCCCC(=O)NC2CC2)ccn1. The van der Waals surface area contributed by atoms with Gasteiger partial charge in [-0.25, -0.2) is 10.8 Å². The summed E-state index contributed by atoms with van der Waals surface area (Å²) in [6, 6.07) is 4.14. The van der Waals surface area contributed by atoms with Gasteiger partial charge in [-0.1, -0.05) is 0 Å². The molecule has 0 radical (unpaired) electrons. The number of amides is 1. The monoisotopic (exact) mass is 249 g/mol. The first-order valence-corrected chi connectivity index (χ1v) is 6.24. The molecule has 1 aliphatic carbocycles. The molecule has 18 heavy (non-hydrogen) atoms. The average Bonchev–Trinajstić information content (AvgIpc) is 3.19. The van der Waals surface area contributed by atoms with E-state index < -0.39 is 0 Å². The highest BCUT2D eigenvalue weighted by molar-refractivity contribution is 5.76. The Labute approximate surface area is 106 Å². The Morgan fingerprint density at radius 3 is 3.06 bits per heavy atom. The fourth-order valence-electron chi connectivity index (χ4n) is 1.63. The van der Waals surface area contributed by atoms with E-state index in [2.05, 4.69) is 21.0 Å². The van der Waals surface area contributed by atoms with Crippen molar-refractivity contribution in [2.45, 2.75) is 31.7 Å². The van der Waals surface area contributed by atoms with Gasteiger partial charge in [0.05, 0.1) is 0 Å². The van der Waals surface area contributed by atoms with E-state index in [1.165, 1.54) is 0 Å². The average molecular weight is 249 g/mol. The lowest BCUT2D eigenvalue weighted by molar-refractivity contribution is -0.121. The van der Waals surface area contributed by atoms with E-state index in [0.717, 1.165) is 31.5 Å². The van der Waals surface area contributed by atoms with Crippen molar-refractivity contribution in [3.63, 3.8) is 0 Å². The summed E-state index contributed by atoms with van der Waals surface area (Å²) >= 11 is 0. The number of carbonyl (C=O) groups excluding carboxylic acids is 1. The van der Waals surface area contributed by atoms with Crippen molar-refractivity contribution in [1.82, 2.24) is 10.3 Å². The highest BCUT2D eigenvalue weighted by Crippen LogP contribution is 2.18. The molecule has 1 aromatic heterocycles. The molecule has 2 rings (SSSR count). The maximum Gasteiger partial charge on any atom is 0.220 e. The molecule has 1 fully saturated rings. The standard InChI is InChI=1S/C12H19N5O/c13-17-11-8-10(5-7-15-11)14-6-1-2-12(18)16-9-3-4-9/h5,7-9H,1-4,6,13H2,(H,16,18)(H2,14,15,17). The number of pyridine rings is 1. The molecule has 1 aliphatic rings. The number of nitrogens with two attached hydrogens (primary N) is 1. The highest BCUT2D eigenvalue weighted by atomic mass is 16.1. The molecule has 6 nitrogen and oxygen atoms in total. The number of hydrogen-bond donors (Lipinski definition) is 4. The van der Waals surface area contributed by atoms with Crippen LogP contribution in [0.1, 0.15) is 25.7 Å². The Balaban J connectivity index is 1.63. The molecular weight excluding hydrogens is 230 g/mol. The zero-order valence-electron chi connectivity index (χ0n) is 10.3. The third-order valence-corrected chi connectivity index (χ3v) is 2.76. The molecule has 0 aliphatic heterocycles. The number of nitrogen functional groups attached to an aromatic ring is 1. The Bertz CT molecular complexity index is 405. The topological polar surface area (TPSA) is 92.1 Å². The summed E-state index contributed by atoms with van der Waals surface area (Å²) in [5, 5.41) is 6.20. The summed E-state index contributed by atoms with van der Waals surface area (Å²) in [7, 11) is 0. The maximum absolute atomic E-state index is 11.4. The molecule has 5 N–H and O–H groups in total. The molecule has 1 amide bonds. The minimum atomic E-state index is 0.151. The second kappa shape index (κ2) is 6.20. The minimum absolute atomic E-state index is 0.151. The second-order valence-electron chi connectivity index (χ2n) is 4.45.